The average molecular weight is 405 g/mol. The van der Waals surface area contributed by atoms with Gasteiger partial charge in [-0.05, 0) is 42.7 Å². The van der Waals surface area contributed by atoms with E-state index in [4.69, 9.17) is 0 Å². The molecule has 2 aromatic carbocycles. The largest absolute Gasteiger partial charge is 0.311 e. The lowest BCUT2D eigenvalue weighted by molar-refractivity contribution is -0.117. The van der Waals surface area contributed by atoms with Gasteiger partial charge in [0, 0.05) is 32.1 Å². The van der Waals surface area contributed by atoms with E-state index in [-0.39, 0.29) is 16.1 Å². The second-order valence-corrected chi connectivity index (χ2v) is 10.2. The van der Waals surface area contributed by atoms with E-state index in [2.05, 4.69) is 6.07 Å². The number of nitrogens with zero attached hydrogens (tertiary/aromatic N) is 2. The maximum Gasteiger partial charge on any atom is 0.242 e. The number of sulfonamides is 1. The van der Waals surface area contributed by atoms with Crippen LogP contribution in [-0.4, -0.2) is 44.5 Å². The van der Waals surface area contributed by atoms with Gasteiger partial charge in [-0.2, -0.15) is 0 Å². The maximum absolute atomic E-state index is 12.8. The van der Waals surface area contributed by atoms with Crippen molar-refractivity contribution in [1.82, 2.24) is 4.31 Å². The van der Waals surface area contributed by atoms with Crippen LogP contribution >= 0.6 is 11.8 Å². The van der Waals surface area contributed by atoms with Crippen molar-refractivity contribution in [2.24, 2.45) is 0 Å². The number of carbonyl (C=O) groups is 1. The Labute approximate surface area is 165 Å². The summed E-state index contributed by atoms with van der Waals surface area (Å²) in [5, 5.41) is -0.203. The Bertz CT molecular complexity index is 942. The third-order valence-corrected chi connectivity index (χ3v) is 7.69. The molecule has 0 fully saturated rings. The number of rotatable bonds is 6. The molecule has 1 heterocycles. The smallest absolute Gasteiger partial charge is 0.242 e. The van der Waals surface area contributed by atoms with E-state index >= 15 is 0 Å². The van der Waals surface area contributed by atoms with E-state index < -0.39 is 10.0 Å². The number of hydrogen-bond donors (Lipinski definition) is 0. The van der Waals surface area contributed by atoms with Gasteiger partial charge in [0.2, 0.25) is 15.9 Å². The zero-order valence-corrected chi connectivity index (χ0v) is 17.4. The SMILES string of the molecule is C[C@@H](SCc1cccc(S(=O)(=O)N(C)C)c1)C(=O)N1CCc2ccccc21. The van der Waals surface area contributed by atoms with Gasteiger partial charge in [-0.15, -0.1) is 11.8 Å². The molecule has 3 rings (SSSR count). The molecule has 1 aliphatic rings. The molecule has 1 aliphatic heterocycles. The minimum Gasteiger partial charge on any atom is -0.311 e. The summed E-state index contributed by atoms with van der Waals surface area (Å²) in [5.74, 6) is 0.682. The second-order valence-electron chi connectivity index (χ2n) is 6.76. The molecule has 0 unspecified atom stereocenters. The average Bonchev–Trinajstić information content (AvgIpc) is 3.09. The second kappa shape index (κ2) is 8.04. The Balaban J connectivity index is 1.66. The first-order valence-corrected chi connectivity index (χ1v) is 11.3. The lowest BCUT2D eigenvalue weighted by Crippen LogP contribution is -2.35. The normalized spacial score (nSPS) is 15.0. The molecule has 7 heteroatoms. The van der Waals surface area contributed by atoms with E-state index in [0.29, 0.717) is 5.75 Å². The van der Waals surface area contributed by atoms with Crippen LogP contribution in [0.2, 0.25) is 0 Å². The Hall–Kier alpha value is -1.83. The first kappa shape index (κ1) is 19.9. The molecule has 1 amide bonds. The van der Waals surface area contributed by atoms with Crippen LogP contribution in [0.15, 0.2) is 53.4 Å². The van der Waals surface area contributed by atoms with Gasteiger partial charge in [-0.3, -0.25) is 4.79 Å². The molecule has 0 radical (unpaired) electrons. The zero-order valence-electron chi connectivity index (χ0n) is 15.8. The fourth-order valence-electron chi connectivity index (χ4n) is 3.09. The van der Waals surface area contributed by atoms with Crippen LogP contribution in [0.4, 0.5) is 5.69 Å². The number of para-hydroxylation sites is 1. The molecule has 144 valence electrons. The van der Waals surface area contributed by atoms with Crippen molar-refractivity contribution >= 4 is 33.4 Å². The van der Waals surface area contributed by atoms with Crippen LogP contribution in [-0.2, 0) is 27.0 Å². The van der Waals surface area contributed by atoms with Crippen LogP contribution in [0.5, 0.6) is 0 Å². The molecule has 0 aliphatic carbocycles. The van der Waals surface area contributed by atoms with E-state index in [1.54, 1.807) is 18.2 Å². The summed E-state index contributed by atoms with van der Waals surface area (Å²) in [6.45, 7) is 2.63. The number of hydrogen-bond acceptors (Lipinski definition) is 4. The van der Waals surface area contributed by atoms with Crippen LogP contribution in [0, 0.1) is 0 Å². The number of anilines is 1. The van der Waals surface area contributed by atoms with E-state index in [1.165, 1.54) is 35.7 Å². The molecule has 0 saturated carbocycles. The highest BCUT2D eigenvalue weighted by Gasteiger charge is 2.28. The summed E-state index contributed by atoms with van der Waals surface area (Å²) in [6.07, 6.45) is 0.893. The molecule has 27 heavy (non-hydrogen) atoms. The predicted octanol–water partition coefficient (Wildman–Crippen LogP) is 3.15. The zero-order chi connectivity index (χ0) is 19.6. The Morgan fingerprint density at radius 2 is 1.93 bits per heavy atom. The lowest BCUT2D eigenvalue weighted by atomic mass is 10.2. The summed E-state index contributed by atoms with van der Waals surface area (Å²) in [4.78, 5) is 15.0. The number of amides is 1. The van der Waals surface area contributed by atoms with Crippen molar-refractivity contribution in [3.05, 3.63) is 59.7 Å². The maximum atomic E-state index is 12.8. The van der Waals surface area contributed by atoms with Gasteiger partial charge in [0.05, 0.1) is 10.1 Å². The molecule has 5 nitrogen and oxygen atoms in total. The molecule has 0 spiro atoms. The Morgan fingerprint density at radius 1 is 1.19 bits per heavy atom. The van der Waals surface area contributed by atoms with Gasteiger partial charge in [-0.25, -0.2) is 12.7 Å². The number of fused-ring (bicyclic) bond motifs is 1. The topological polar surface area (TPSA) is 57.7 Å². The molecule has 0 saturated heterocycles. The Morgan fingerprint density at radius 3 is 2.67 bits per heavy atom. The van der Waals surface area contributed by atoms with Gasteiger partial charge in [0.25, 0.3) is 0 Å². The minimum atomic E-state index is -3.45. The molecule has 1 atom stereocenters. The van der Waals surface area contributed by atoms with E-state index in [9.17, 15) is 13.2 Å². The first-order chi connectivity index (χ1) is 12.8. The predicted molar refractivity (Wildman–Crippen MR) is 111 cm³/mol. The first-order valence-electron chi connectivity index (χ1n) is 8.83. The molecule has 2 aromatic rings. The monoisotopic (exact) mass is 404 g/mol. The minimum absolute atomic E-state index is 0.0991. The third kappa shape index (κ3) is 4.20. The van der Waals surface area contributed by atoms with E-state index in [0.717, 1.165) is 24.2 Å². The van der Waals surface area contributed by atoms with Crippen molar-refractivity contribution in [3.8, 4) is 0 Å². The van der Waals surface area contributed by atoms with Crippen molar-refractivity contribution in [1.29, 1.82) is 0 Å². The van der Waals surface area contributed by atoms with Crippen LogP contribution < -0.4 is 4.90 Å². The van der Waals surface area contributed by atoms with E-state index in [1.807, 2.05) is 36.1 Å². The fraction of sp³-hybridized carbons (Fsp3) is 0.350. The highest BCUT2D eigenvalue weighted by atomic mass is 32.2. The number of benzene rings is 2. The summed E-state index contributed by atoms with van der Waals surface area (Å²) in [7, 11) is -0.413. The van der Waals surface area contributed by atoms with Crippen molar-refractivity contribution in [2.45, 2.75) is 29.2 Å². The van der Waals surface area contributed by atoms with Crippen LogP contribution in [0.3, 0.4) is 0 Å². The van der Waals surface area contributed by atoms with Gasteiger partial charge < -0.3 is 4.90 Å². The third-order valence-electron chi connectivity index (χ3n) is 4.68. The van der Waals surface area contributed by atoms with Gasteiger partial charge >= 0.3 is 0 Å². The summed E-state index contributed by atoms with van der Waals surface area (Å²) < 4.78 is 25.8. The van der Waals surface area contributed by atoms with Gasteiger partial charge in [0.15, 0.2) is 0 Å². The van der Waals surface area contributed by atoms with Gasteiger partial charge in [-0.1, -0.05) is 30.3 Å². The molecule has 0 bridgehead atoms. The van der Waals surface area contributed by atoms with Crippen molar-refractivity contribution in [2.75, 3.05) is 25.5 Å². The van der Waals surface area contributed by atoms with Crippen molar-refractivity contribution < 1.29 is 13.2 Å². The van der Waals surface area contributed by atoms with Crippen molar-refractivity contribution in [3.63, 3.8) is 0 Å². The standard InChI is InChI=1S/C20H24N2O3S2/c1-15(20(23)22-12-11-17-8-4-5-10-19(17)22)26-14-16-7-6-9-18(13-16)27(24,25)21(2)3/h4-10,13,15H,11-12,14H2,1-3H3/t15-/m1/s1. The Kier molecular flexibility index (Phi) is 5.93. The highest BCUT2D eigenvalue weighted by Crippen LogP contribution is 2.30. The molecule has 0 N–H and O–H groups in total. The summed E-state index contributed by atoms with van der Waals surface area (Å²) in [6, 6.07) is 14.9. The lowest BCUT2D eigenvalue weighted by Gasteiger charge is -2.21. The van der Waals surface area contributed by atoms with Gasteiger partial charge in [0.1, 0.15) is 0 Å². The van der Waals surface area contributed by atoms with Crippen LogP contribution in [0.25, 0.3) is 0 Å². The molecular weight excluding hydrogens is 380 g/mol. The summed E-state index contributed by atoms with van der Waals surface area (Å²) >= 11 is 1.53. The number of thioether (sulfide) groups is 1. The quantitative estimate of drug-likeness (QED) is 0.742. The summed E-state index contributed by atoms with van der Waals surface area (Å²) in [5.41, 5.74) is 3.11. The fourth-order valence-corrected chi connectivity index (χ4v) is 4.95. The molecular formula is C20H24N2O3S2. The number of carbonyl (C=O) groups excluding carboxylic acids is 1. The highest BCUT2D eigenvalue weighted by molar-refractivity contribution is 7.99. The molecule has 0 aromatic heterocycles. The van der Waals surface area contributed by atoms with Crippen LogP contribution in [0.1, 0.15) is 18.1 Å².